The molecular formula is C18H18Cl2N4O3. The first-order valence-electron chi connectivity index (χ1n) is 8.42. The van der Waals surface area contributed by atoms with Gasteiger partial charge in [-0.1, -0.05) is 29.3 Å². The van der Waals surface area contributed by atoms with Gasteiger partial charge in [0.1, 0.15) is 0 Å². The average Bonchev–Trinajstić information content (AvgIpc) is 2.70. The molecule has 0 bridgehead atoms. The van der Waals surface area contributed by atoms with Crippen LogP contribution in [0.5, 0.6) is 0 Å². The third-order valence-corrected chi connectivity index (χ3v) is 4.90. The molecule has 1 amide bonds. The van der Waals surface area contributed by atoms with Gasteiger partial charge in [-0.15, -0.1) is 0 Å². The fourth-order valence-electron chi connectivity index (χ4n) is 2.71. The number of carbonyl (C=O) groups is 2. The van der Waals surface area contributed by atoms with Gasteiger partial charge in [-0.05, 0) is 23.8 Å². The zero-order valence-corrected chi connectivity index (χ0v) is 16.0. The van der Waals surface area contributed by atoms with Crippen LogP contribution in [0.2, 0.25) is 10.0 Å². The number of aromatic nitrogens is 2. The summed E-state index contributed by atoms with van der Waals surface area (Å²) in [5.41, 5.74) is 0.679. The maximum absolute atomic E-state index is 12.3. The molecule has 0 N–H and O–H groups in total. The first-order chi connectivity index (χ1) is 13.0. The molecule has 0 atom stereocenters. The Kier molecular flexibility index (Phi) is 6.47. The minimum atomic E-state index is -0.488. The Morgan fingerprint density at radius 3 is 2.41 bits per heavy atom. The fourth-order valence-corrected chi connectivity index (χ4v) is 3.03. The molecule has 27 heavy (non-hydrogen) atoms. The summed E-state index contributed by atoms with van der Waals surface area (Å²) in [5, 5.41) is 0.794. The van der Waals surface area contributed by atoms with Crippen molar-refractivity contribution >= 4 is 41.0 Å². The lowest BCUT2D eigenvalue weighted by atomic mass is 10.1. The van der Waals surface area contributed by atoms with Crippen molar-refractivity contribution in [1.29, 1.82) is 0 Å². The molecule has 1 saturated heterocycles. The van der Waals surface area contributed by atoms with E-state index in [0.29, 0.717) is 47.7 Å². The molecule has 2 aromatic rings. The van der Waals surface area contributed by atoms with Gasteiger partial charge in [-0.2, -0.15) is 0 Å². The minimum absolute atomic E-state index is 0.0310. The quantitative estimate of drug-likeness (QED) is 0.705. The van der Waals surface area contributed by atoms with E-state index in [0.717, 1.165) is 0 Å². The lowest BCUT2D eigenvalue weighted by Gasteiger charge is -2.34. The van der Waals surface area contributed by atoms with Gasteiger partial charge in [0.15, 0.2) is 6.61 Å². The Labute approximate surface area is 166 Å². The number of benzene rings is 1. The van der Waals surface area contributed by atoms with Gasteiger partial charge >= 0.3 is 5.97 Å². The van der Waals surface area contributed by atoms with Gasteiger partial charge < -0.3 is 14.5 Å². The second-order valence-corrected chi connectivity index (χ2v) is 6.82. The maximum atomic E-state index is 12.3. The van der Waals surface area contributed by atoms with Crippen molar-refractivity contribution in [3.63, 3.8) is 0 Å². The third kappa shape index (κ3) is 5.30. The van der Waals surface area contributed by atoms with Crippen molar-refractivity contribution in [3.8, 4) is 0 Å². The number of carbonyl (C=O) groups excluding carboxylic acids is 2. The van der Waals surface area contributed by atoms with Crippen molar-refractivity contribution in [1.82, 2.24) is 14.9 Å². The minimum Gasteiger partial charge on any atom is -0.455 e. The van der Waals surface area contributed by atoms with Gasteiger partial charge in [-0.25, -0.2) is 9.97 Å². The first kappa shape index (κ1) is 19.4. The van der Waals surface area contributed by atoms with Crippen molar-refractivity contribution in [2.75, 3.05) is 37.7 Å². The number of nitrogens with zero attached hydrogens (tertiary/aromatic N) is 4. The van der Waals surface area contributed by atoms with E-state index in [4.69, 9.17) is 27.9 Å². The van der Waals surface area contributed by atoms with E-state index >= 15 is 0 Å². The smallest absolute Gasteiger partial charge is 0.310 e. The molecule has 0 unspecified atom stereocenters. The summed E-state index contributed by atoms with van der Waals surface area (Å²) in [7, 11) is 0. The fraction of sp³-hybridized carbons (Fsp3) is 0.333. The van der Waals surface area contributed by atoms with Gasteiger partial charge in [0.25, 0.3) is 5.91 Å². The lowest BCUT2D eigenvalue weighted by Crippen LogP contribution is -2.50. The molecule has 0 spiro atoms. The Morgan fingerprint density at radius 2 is 1.74 bits per heavy atom. The molecule has 142 valence electrons. The van der Waals surface area contributed by atoms with Gasteiger partial charge in [-0.3, -0.25) is 9.59 Å². The molecule has 9 heteroatoms. The number of piperazine rings is 1. The molecule has 1 aromatic carbocycles. The molecule has 0 saturated carbocycles. The van der Waals surface area contributed by atoms with Crippen LogP contribution in [0.3, 0.4) is 0 Å². The Bertz CT molecular complexity index is 812. The standard InChI is InChI=1S/C18H18Cl2N4O3/c19-14-3-2-13(10-15(14)20)11-17(26)27-12-16(25)23-6-8-24(9-7-23)18-21-4-1-5-22-18/h1-5,10H,6-9,11-12H2. The summed E-state index contributed by atoms with van der Waals surface area (Å²) in [6.07, 6.45) is 3.41. The predicted octanol–water partition coefficient (Wildman–Crippen LogP) is 2.22. The molecular weight excluding hydrogens is 391 g/mol. The zero-order valence-electron chi connectivity index (χ0n) is 14.5. The van der Waals surface area contributed by atoms with Crippen LogP contribution < -0.4 is 4.90 Å². The first-order valence-corrected chi connectivity index (χ1v) is 9.18. The van der Waals surface area contributed by atoms with E-state index in [1.54, 1.807) is 41.6 Å². The highest BCUT2D eigenvalue weighted by Crippen LogP contribution is 2.22. The van der Waals surface area contributed by atoms with Crippen LogP contribution in [0.4, 0.5) is 5.95 Å². The van der Waals surface area contributed by atoms with Gasteiger partial charge in [0.05, 0.1) is 16.5 Å². The van der Waals surface area contributed by atoms with Crippen molar-refractivity contribution in [3.05, 3.63) is 52.3 Å². The molecule has 0 radical (unpaired) electrons. The molecule has 0 aliphatic carbocycles. The van der Waals surface area contributed by atoms with Crippen LogP contribution in [0, 0.1) is 0 Å². The Morgan fingerprint density at radius 1 is 1.04 bits per heavy atom. The van der Waals surface area contributed by atoms with E-state index < -0.39 is 5.97 Å². The highest BCUT2D eigenvalue weighted by Gasteiger charge is 2.23. The average molecular weight is 409 g/mol. The summed E-state index contributed by atoms with van der Waals surface area (Å²) in [6, 6.07) is 6.68. The molecule has 1 aromatic heterocycles. The topological polar surface area (TPSA) is 75.6 Å². The monoisotopic (exact) mass is 408 g/mol. The van der Waals surface area contributed by atoms with Crippen LogP contribution in [0.15, 0.2) is 36.7 Å². The number of hydrogen-bond acceptors (Lipinski definition) is 6. The van der Waals surface area contributed by atoms with Crippen LogP contribution in [0.1, 0.15) is 5.56 Å². The summed E-state index contributed by atoms with van der Waals surface area (Å²) < 4.78 is 5.10. The largest absolute Gasteiger partial charge is 0.455 e. The summed E-state index contributed by atoms with van der Waals surface area (Å²) in [5.74, 6) is -0.0539. The number of amides is 1. The van der Waals surface area contributed by atoms with E-state index in [1.165, 1.54) is 0 Å². The van der Waals surface area contributed by atoms with Crippen LogP contribution in [-0.2, 0) is 20.7 Å². The van der Waals surface area contributed by atoms with Gasteiger partial charge in [0.2, 0.25) is 5.95 Å². The van der Waals surface area contributed by atoms with E-state index in [1.807, 2.05) is 4.90 Å². The second kappa shape index (κ2) is 9.01. The third-order valence-electron chi connectivity index (χ3n) is 4.16. The van der Waals surface area contributed by atoms with Gasteiger partial charge in [0, 0.05) is 38.6 Å². The normalized spacial score (nSPS) is 14.1. The number of rotatable bonds is 5. The molecule has 2 heterocycles. The molecule has 7 nitrogen and oxygen atoms in total. The summed E-state index contributed by atoms with van der Waals surface area (Å²) >= 11 is 11.8. The SMILES string of the molecule is O=C(Cc1ccc(Cl)c(Cl)c1)OCC(=O)N1CCN(c2ncccn2)CC1. The molecule has 3 rings (SSSR count). The Hall–Kier alpha value is -2.38. The van der Waals surface area contributed by atoms with E-state index in [2.05, 4.69) is 9.97 Å². The molecule has 1 fully saturated rings. The number of hydrogen-bond donors (Lipinski definition) is 0. The van der Waals surface area contributed by atoms with Crippen molar-refractivity contribution < 1.29 is 14.3 Å². The summed E-state index contributed by atoms with van der Waals surface area (Å²) in [6.45, 7) is 2.05. The van der Waals surface area contributed by atoms with Crippen molar-refractivity contribution in [2.24, 2.45) is 0 Å². The van der Waals surface area contributed by atoms with Crippen LogP contribution in [0.25, 0.3) is 0 Å². The van der Waals surface area contributed by atoms with Crippen LogP contribution >= 0.6 is 23.2 Å². The molecule has 1 aliphatic rings. The summed E-state index contributed by atoms with van der Waals surface area (Å²) in [4.78, 5) is 36.3. The second-order valence-electron chi connectivity index (χ2n) is 6.00. The van der Waals surface area contributed by atoms with E-state index in [-0.39, 0.29) is 18.9 Å². The highest BCUT2D eigenvalue weighted by molar-refractivity contribution is 6.42. The predicted molar refractivity (Wildman–Crippen MR) is 102 cm³/mol. The van der Waals surface area contributed by atoms with Crippen molar-refractivity contribution in [2.45, 2.75) is 6.42 Å². The number of halogens is 2. The number of ether oxygens (including phenoxy) is 1. The maximum Gasteiger partial charge on any atom is 0.310 e. The lowest BCUT2D eigenvalue weighted by molar-refractivity contribution is -0.151. The molecule has 1 aliphatic heterocycles. The van der Waals surface area contributed by atoms with Crippen LogP contribution in [-0.4, -0.2) is 59.5 Å². The zero-order chi connectivity index (χ0) is 19.2. The Balaban J connectivity index is 1.43. The van der Waals surface area contributed by atoms with E-state index in [9.17, 15) is 9.59 Å². The highest BCUT2D eigenvalue weighted by atomic mass is 35.5. The number of esters is 1. The number of anilines is 1.